The number of aromatic nitrogens is 2. The van der Waals surface area contributed by atoms with Gasteiger partial charge >= 0.3 is 0 Å². The Morgan fingerprint density at radius 1 is 1.48 bits per heavy atom. The standard InChI is InChI=1S/C16H23N3S2/c1-3-11(2)19-6-4-13(18-19)9-14(17)16-8-12-10-20-7-5-15(12)21-16/h4,6,8,11,14H,3,5,7,9-10,17H2,1-2H3. The maximum atomic E-state index is 6.41. The molecule has 21 heavy (non-hydrogen) atoms. The van der Waals surface area contributed by atoms with Crippen LogP contribution in [-0.4, -0.2) is 15.5 Å². The van der Waals surface area contributed by atoms with Crippen molar-refractivity contribution in [3.05, 3.63) is 39.3 Å². The lowest BCUT2D eigenvalue weighted by Gasteiger charge is -2.09. The summed E-state index contributed by atoms with van der Waals surface area (Å²) >= 11 is 3.93. The minimum atomic E-state index is 0.0749. The molecule has 0 fully saturated rings. The van der Waals surface area contributed by atoms with Gasteiger partial charge in [0.25, 0.3) is 0 Å². The first kappa shape index (κ1) is 15.1. The number of fused-ring (bicyclic) bond motifs is 1. The summed E-state index contributed by atoms with van der Waals surface area (Å²) in [4.78, 5) is 2.87. The highest BCUT2D eigenvalue weighted by molar-refractivity contribution is 7.98. The summed E-state index contributed by atoms with van der Waals surface area (Å²) < 4.78 is 2.05. The maximum absolute atomic E-state index is 6.41. The molecular weight excluding hydrogens is 298 g/mol. The van der Waals surface area contributed by atoms with Crippen molar-refractivity contribution in [2.75, 3.05) is 5.75 Å². The van der Waals surface area contributed by atoms with Gasteiger partial charge in [0.05, 0.1) is 5.69 Å². The molecule has 2 N–H and O–H groups in total. The van der Waals surface area contributed by atoms with Gasteiger partial charge < -0.3 is 5.73 Å². The van der Waals surface area contributed by atoms with Gasteiger partial charge in [-0.3, -0.25) is 4.68 Å². The van der Waals surface area contributed by atoms with Crippen LogP contribution < -0.4 is 5.73 Å². The molecule has 114 valence electrons. The average Bonchev–Trinajstić information content (AvgIpc) is 3.12. The smallest absolute Gasteiger partial charge is 0.0643 e. The zero-order valence-corrected chi connectivity index (χ0v) is 14.3. The van der Waals surface area contributed by atoms with Crippen molar-refractivity contribution < 1.29 is 0 Å². The van der Waals surface area contributed by atoms with Crippen LogP contribution in [0.25, 0.3) is 0 Å². The van der Waals surface area contributed by atoms with Gasteiger partial charge in [-0.15, -0.1) is 11.3 Å². The number of nitrogens with two attached hydrogens (primary N) is 1. The van der Waals surface area contributed by atoms with Gasteiger partial charge in [0.15, 0.2) is 0 Å². The van der Waals surface area contributed by atoms with Crippen LogP contribution in [0, 0.1) is 0 Å². The minimum absolute atomic E-state index is 0.0749. The Hall–Kier alpha value is -0.780. The van der Waals surface area contributed by atoms with E-state index in [1.165, 1.54) is 22.6 Å². The Balaban J connectivity index is 1.69. The molecule has 0 bridgehead atoms. The Morgan fingerprint density at radius 2 is 2.33 bits per heavy atom. The fourth-order valence-electron chi connectivity index (χ4n) is 2.60. The predicted octanol–water partition coefficient (Wildman–Crippen LogP) is 3.95. The number of hydrogen-bond donors (Lipinski definition) is 1. The monoisotopic (exact) mass is 321 g/mol. The third-order valence-electron chi connectivity index (χ3n) is 4.15. The fraction of sp³-hybridized carbons (Fsp3) is 0.562. The van der Waals surface area contributed by atoms with Gasteiger partial charge in [-0.1, -0.05) is 6.92 Å². The molecule has 0 aliphatic carbocycles. The molecule has 0 saturated carbocycles. The molecular formula is C16H23N3S2. The van der Waals surface area contributed by atoms with Crippen molar-refractivity contribution in [1.82, 2.24) is 9.78 Å². The van der Waals surface area contributed by atoms with Gasteiger partial charge in [-0.25, -0.2) is 0 Å². The van der Waals surface area contributed by atoms with Crippen LogP contribution in [-0.2, 0) is 18.6 Å². The van der Waals surface area contributed by atoms with Gasteiger partial charge in [0, 0.05) is 40.2 Å². The van der Waals surface area contributed by atoms with Crippen LogP contribution in [0.15, 0.2) is 18.3 Å². The molecule has 3 rings (SSSR count). The number of nitrogens with zero attached hydrogens (tertiary/aromatic N) is 2. The van der Waals surface area contributed by atoms with E-state index < -0.39 is 0 Å². The fourth-order valence-corrected chi connectivity index (χ4v) is 4.98. The lowest BCUT2D eigenvalue weighted by Crippen LogP contribution is -2.13. The van der Waals surface area contributed by atoms with Crippen LogP contribution >= 0.6 is 23.1 Å². The summed E-state index contributed by atoms with van der Waals surface area (Å²) in [5.41, 5.74) is 9.02. The van der Waals surface area contributed by atoms with Crippen LogP contribution in [0.2, 0.25) is 0 Å². The van der Waals surface area contributed by atoms with E-state index in [2.05, 4.69) is 42.0 Å². The Morgan fingerprint density at radius 3 is 3.10 bits per heavy atom. The van der Waals surface area contributed by atoms with E-state index in [4.69, 9.17) is 5.73 Å². The summed E-state index contributed by atoms with van der Waals surface area (Å²) in [6.07, 6.45) is 5.21. The first-order valence-corrected chi connectivity index (χ1v) is 9.63. The van der Waals surface area contributed by atoms with E-state index >= 15 is 0 Å². The average molecular weight is 322 g/mol. The third-order valence-corrected chi connectivity index (χ3v) is 6.52. The number of thiophene rings is 1. The molecule has 2 aromatic rings. The second kappa shape index (κ2) is 6.55. The molecule has 1 aliphatic heterocycles. The Kier molecular flexibility index (Phi) is 4.72. The number of aryl methyl sites for hydroxylation is 1. The van der Waals surface area contributed by atoms with Crippen molar-refractivity contribution >= 4 is 23.1 Å². The molecule has 2 unspecified atom stereocenters. The molecule has 0 amide bonds. The van der Waals surface area contributed by atoms with Crippen molar-refractivity contribution in [2.45, 2.75) is 50.9 Å². The minimum Gasteiger partial charge on any atom is -0.323 e. The Labute approximate surface area is 134 Å². The highest BCUT2D eigenvalue weighted by Gasteiger charge is 2.18. The van der Waals surface area contributed by atoms with E-state index in [1.54, 1.807) is 4.88 Å². The van der Waals surface area contributed by atoms with E-state index in [0.717, 1.165) is 24.3 Å². The quantitative estimate of drug-likeness (QED) is 0.907. The first-order chi connectivity index (χ1) is 10.2. The summed E-state index contributed by atoms with van der Waals surface area (Å²) in [6, 6.07) is 4.96. The summed E-state index contributed by atoms with van der Waals surface area (Å²) in [5, 5.41) is 4.67. The maximum Gasteiger partial charge on any atom is 0.0643 e. The first-order valence-electron chi connectivity index (χ1n) is 7.66. The second-order valence-electron chi connectivity index (χ2n) is 5.75. The number of hydrogen-bond acceptors (Lipinski definition) is 4. The number of thioether (sulfide) groups is 1. The SMILES string of the molecule is CCC(C)n1ccc(CC(N)c2cc3c(s2)CCSC3)n1. The molecule has 0 aromatic carbocycles. The topological polar surface area (TPSA) is 43.8 Å². The van der Waals surface area contributed by atoms with Crippen molar-refractivity contribution in [3.63, 3.8) is 0 Å². The van der Waals surface area contributed by atoms with Crippen LogP contribution in [0.3, 0.4) is 0 Å². The zero-order chi connectivity index (χ0) is 14.8. The summed E-state index contributed by atoms with van der Waals surface area (Å²) in [6.45, 7) is 4.38. The highest BCUT2D eigenvalue weighted by atomic mass is 32.2. The van der Waals surface area contributed by atoms with Crippen molar-refractivity contribution in [3.8, 4) is 0 Å². The normalized spacial score (nSPS) is 17.5. The lowest BCUT2D eigenvalue weighted by atomic mass is 10.1. The molecule has 5 heteroatoms. The molecule has 0 saturated heterocycles. The molecule has 3 heterocycles. The third kappa shape index (κ3) is 3.35. The van der Waals surface area contributed by atoms with Gasteiger partial charge in [0.1, 0.15) is 0 Å². The molecule has 0 radical (unpaired) electrons. The van der Waals surface area contributed by atoms with Crippen molar-refractivity contribution in [1.29, 1.82) is 0 Å². The van der Waals surface area contributed by atoms with Gasteiger partial charge in [0.2, 0.25) is 0 Å². The molecule has 1 aliphatic rings. The van der Waals surface area contributed by atoms with Gasteiger partial charge in [-0.2, -0.15) is 16.9 Å². The lowest BCUT2D eigenvalue weighted by molar-refractivity contribution is 0.472. The number of rotatable bonds is 5. The van der Waals surface area contributed by atoms with E-state index in [-0.39, 0.29) is 6.04 Å². The zero-order valence-electron chi connectivity index (χ0n) is 12.7. The van der Waals surface area contributed by atoms with E-state index in [1.807, 2.05) is 23.1 Å². The van der Waals surface area contributed by atoms with Crippen LogP contribution in [0.4, 0.5) is 0 Å². The molecule has 2 atom stereocenters. The van der Waals surface area contributed by atoms with Crippen LogP contribution in [0.1, 0.15) is 53.4 Å². The highest BCUT2D eigenvalue weighted by Crippen LogP contribution is 2.34. The second-order valence-corrected chi connectivity index (χ2v) is 8.03. The summed E-state index contributed by atoms with van der Waals surface area (Å²) in [5.74, 6) is 2.41. The largest absolute Gasteiger partial charge is 0.323 e. The van der Waals surface area contributed by atoms with Crippen LogP contribution in [0.5, 0.6) is 0 Å². The van der Waals surface area contributed by atoms with E-state index in [9.17, 15) is 0 Å². The van der Waals surface area contributed by atoms with Crippen molar-refractivity contribution in [2.24, 2.45) is 5.73 Å². The Bertz CT molecular complexity index is 579. The molecule has 0 spiro atoms. The summed E-state index contributed by atoms with van der Waals surface area (Å²) in [7, 11) is 0. The van der Waals surface area contributed by atoms with Gasteiger partial charge in [-0.05, 0) is 43.2 Å². The molecule has 2 aromatic heterocycles. The van der Waals surface area contributed by atoms with E-state index in [0.29, 0.717) is 6.04 Å². The predicted molar refractivity (Wildman–Crippen MR) is 92.0 cm³/mol. The molecule has 3 nitrogen and oxygen atoms in total.